The zero-order valence-corrected chi connectivity index (χ0v) is 18.4. The Bertz CT molecular complexity index is 1470. The largest absolute Gasteiger partial charge is 0.325 e. The minimum atomic E-state index is -0.137. The molecule has 4 aromatic heterocycles. The zero-order chi connectivity index (χ0) is 22.9. The molecule has 5 aromatic rings. The number of hydrogen-bond donors (Lipinski definition) is 2. The number of fused-ring (bicyclic) bond motifs is 1. The summed E-state index contributed by atoms with van der Waals surface area (Å²) in [5.74, 6) is 0.474. The summed E-state index contributed by atoms with van der Waals surface area (Å²) in [7, 11) is 1.90. The van der Waals surface area contributed by atoms with Crippen molar-refractivity contribution in [2.24, 2.45) is 0 Å². The van der Waals surface area contributed by atoms with Gasteiger partial charge in [0.25, 0.3) is 0 Å². The predicted octanol–water partition coefficient (Wildman–Crippen LogP) is 4.22. The third-order valence-electron chi connectivity index (χ3n) is 5.28. The van der Waals surface area contributed by atoms with Crippen molar-refractivity contribution in [3.05, 3.63) is 72.8 Å². The monoisotopic (exact) mass is 438 g/mol. The summed E-state index contributed by atoms with van der Waals surface area (Å²) in [6.07, 6.45) is 3.41. The first-order valence-corrected chi connectivity index (χ1v) is 10.4. The number of pyridine rings is 2. The number of carbonyl (C=O) groups is 1. The van der Waals surface area contributed by atoms with E-state index in [0.29, 0.717) is 11.6 Å². The number of imidazole rings is 1. The van der Waals surface area contributed by atoms with E-state index in [-0.39, 0.29) is 5.91 Å². The van der Waals surface area contributed by atoms with Crippen LogP contribution >= 0.6 is 0 Å². The fourth-order valence-electron chi connectivity index (χ4n) is 3.73. The quantitative estimate of drug-likeness (QED) is 0.426. The van der Waals surface area contributed by atoms with Crippen molar-refractivity contribution in [1.29, 1.82) is 0 Å². The second-order valence-electron chi connectivity index (χ2n) is 7.69. The number of anilines is 3. The summed E-state index contributed by atoms with van der Waals surface area (Å²) >= 11 is 0. The summed E-state index contributed by atoms with van der Waals surface area (Å²) < 4.78 is 1.72. The molecule has 9 nitrogen and oxygen atoms in total. The Balaban J connectivity index is 1.65. The zero-order valence-electron chi connectivity index (χ0n) is 18.4. The van der Waals surface area contributed by atoms with Gasteiger partial charge in [0.15, 0.2) is 5.65 Å². The Morgan fingerprint density at radius 1 is 1.06 bits per heavy atom. The van der Waals surface area contributed by atoms with Crippen LogP contribution in [0.15, 0.2) is 67.1 Å². The van der Waals surface area contributed by atoms with Crippen LogP contribution in [-0.4, -0.2) is 42.5 Å². The van der Waals surface area contributed by atoms with Crippen LogP contribution in [0.2, 0.25) is 0 Å². The van der Waals surface area contributed by atoms with Gasteiger partial charge in [0.05, 0.1) is 22.8 Å². The van der Waals surface area contributed by atoms with Crippen molar-refractivity contribution in [1.82, 2.24) is 29.5 Å². The fourth-order valence-corrected chi connectivity index (χ4v) is 3.73. The highest BCUT2D eigenvalue weighted by molar-refractivity contribution is 5.93. The first-order chi connectivity index (χ1) is 16.0. The van der Waals surface area contributed by atoms with E-state index in [9.17, 15) is 4.79 Å². The molecule has 0 aliphatic carbocycles. The van der Waals surface area contributed by atoms with Gasteiger partial charge in [0, 0.05) is 31.4 Å². The third-order valence-corrected chi connectivity index (χ3v) is 5.28. The van der Waals surface area contributed by atoms with E-state index >= 15 is 0 Å². The third kappa shape index (κ3) is 3.91. The smallest absolute Gasteiger partial charge is 0.221 e. The van der Waals surface area contributed by atoms with Gasteiger partial charge in [-0.2, -0.15) is 5.10 Å². The van der Waals surface area contributed by atoms with Crippen LogP contribution in [0.4, 0.5) is 17.3 Å². The van der Waals surface area contributed by atoms with Crippen molar-refractivity contribution in [3.8, 4) is 22.6 Å². The van der Waals surface area contributed by atoms with Crippen LogP contribution in [0.1, 0.15) is 12.6 Å². The molecule has 2 N–H and O–H groups in total. The van der Waals surface area contributed by atoms with Crippen LogP contribution in [0.3, 0.4) is 0 Å². The van der Waals surface area contributed by atoms with Crippen LogP contribution < -0.4 is 10.2 Å². The lowest BCUT2D eigenvalue weighted by Crippen LogP contribution is -2.15. The number of nitrogens with one attached hydrogen (secondary N) is 2. The Labute approximate surface area is 190 Å². The van der Waals surface area contributed by atoms with Gasteiger partial charge in [-0.3, -0.25) is 9.78 Å². The normalized spacial score (nSPS) is 11.0. The van der Waals surface area contributed by atoms with Crippen LogP contribution in [0.25, 0.3) is 28.3 Å². The van der Waals surface area contributed by atoms with Crippen LogP contribution in [0.5, 0.6) is 0 Å². The average molecular weight is 438 g/mol. The molecule has 0 bridgehead atoms. The molecule has 164 valence electrons. The van der Waals surface area contributed by atoms with Gasteiger partial charge in [-0.25, -0.2) is 14.5 Å². The van der Waals surface area contributed by atoms with Gasteiger partial charge < -0.3 is 15.2 Å². The lowest BCUT2D eigenvalue weighted by atomic mass is 10.1. The lowest BCUT2D eigenvalue weighted by molar-refractivity contribution is -0.114. The van der Waals surface area contributed by atoms with E-state index in [1.165, 1.54) is 13.3 Å². The Kier molecular flexibility index (Phi) is 5.06. The summed E-state index contributed by atoms with van der Waals surface area (Å²) in [5.41, 5.74) is 6.36. The molecule has 0 aliphatic rings. The minimum Gasteiger partial charge on any atom is -0.325 e. The number of para-hydroxylation sites is 2. The molecule has 33 heavy (non-hydrogen) atoms. The standard InChI is InChI=1S/C24H22N8O/c1-15-7-6-9-19(27-15)23-22(17-11-12-21-25-14-26-32(21)13-17)29-24(30-23)31(3)20-10-5-4-8-18(20)28-16(2)33/h4-14H,1-3H3,(H,28,33)(H,29,30). The second-order valence-corrected chi connectivity index (χ2v) is 7.69. The molecular weight excluding hydrogens is 416 g/mol. The molecular formula is C24H22N8O. The maximum absolute atomic E-state index is 11.7. The molecule has 0 radical (unpaired) electrons. The number of aryl methyl sites for hydroxylation is 1. The number of amides is 1. The molecule has 1 aromatic carbocycles. The number of carbonyl (C=O) groups excluding carboxylic acids is 1. The maximum Gasteiger partial charge on any atom is 0.221 e. The fraction of sp³-hybridized carbons (Fsp3) is 0.125. The van der Waals surface area contributed by atoms with Gasteiger partial charge >= 0.3 is 0 Å². The number of aromatic nitrogens is 6. The highest BCUT2D eigenvalue weighted by Gasteiger charge is 2.20. The van der Waals surface area contributed by atoms with Crippen molar-refractivity contribution in [3.63, 3.8) is 0 Å². The molecule has 0 fully saturated rings. The summed E-state index contributed by atoms with van der Waals surface area (Å²) in [6, 6.07) is 17.3. The second kappa shape index (κ2) is 8.19. The SMILES string of the molecule is CC(=O)Nc1ccccc1N(C)c1nc(-c2ccc3ncnn3c2)c(-c2cccc(C)n2)[nH]1. The molecule has 0 spiro atoms. The first kappa shape index (κ1) is 20.4. The number of benzene rings is 1. The van der Waals surface area contributed by atoms with E-state index in [1.54, 1.807) is 4.52 Å². The van der Waals surface area contributed by atoms with Gasteiger partial charge in [-0.15, -0.1) is 0 Å². The summed E-state index contributed by atoms with van der Waals surface area (Å²) in [6.45, 7) is 3.45. The lowest BCUT2D eigenvalue weighted by Gasteiger charge is -2.19. The van der Waals surface area contributed by atoms with Crippen molar-refractivity contribution < 1.29 is 4.79 Å². The van der Waals surface area contributed by atoms with Gasteiger partial charge in [-0.05, 0) is 43.3 Å². The summed E-state index contributed by atoms with van der Waals surface area (Å²) in [5, 5.41) is 7.13. The summed E-state index contributed by atoms with van der Waals surface area (Å²) in [4.78, 5) is 30.9. The molecule has 0 saturated heterocycles. The van der Waals surface area contributed by atoms with E-state index in [0.717, 1.165) is 39.7 Å². The van der Waals surface area contributed by atoms with E-state index in [2.05, 4.69) is 20.4 Å². The molecule has 1 amide bonds. The molecule has 4 heterocycles. The molecule has 0 atom stereocenters. The van der Waals surface area contributed by atoms with Crippen LogP contribution in [0, 0.1) is 6.92 Å². The highest BCUT2D eigenvalue weighted by atomic mass is 16.1. The van der Waals surface area contributed by atoms with Gasteiger partial charge in [0.2, 0.25) is 11.9 Å². The first-order valence-electron chi connectivity index (χ1n) is 10.4. The number of rotatable bonds is 5. The highest BCUT2D eigenvalue weighted by Crippen LogP contribution is 2.35. The molecule has 5 rings (SSSR count). The number of hydrogen-bond acceptors (Lipinski definition) is 6. The van der Waals surface area contributed by atoms with Gasteiger partial charge in [0.1, 0.15) is 12.0 Å². The van der Waals surface area contributed by atoms with Crippen molar-refractivity contribution in [2.75, 3.05) is 17.3 Å². The number of H-pyrrole nitrogens is 1. The molecule has 0 unspecified atom stereocenters. The molecule has 9 heteroatoms. The Morgan fingerprint density at radius 2 is 1.91 bits per heavy atom. The molecule has 0 aliphatic heterocycles. The minimum absolute atomic E-state index is 0.137. The Hall–Kier alpha value is -4.53. The topological polar surface area (TPSA) is 104 Å². The van der Waals surface area contributed by atoms with E-state index in [1.807, 2.05) is 79.7 Å². The van der Waals surface area contributed by atoms with E-state index in [4.69, 9.17) is 9.97 Å². The number of aromatic amines is 1. The Morgan fingerprint density at radius 3 is 2.73 bits per heavy atom. The van der Waals surface area contributed by atoms with E-state index < -0.39 is 0 Å². The average Bonchev–Trinajstić information content (AvgIpc) is 3.45. The van der Waals surface area contributed by atoms with Gasteiger partial charge in [-0.1, -0.05) is 18.2 Å². The number of nitrogens with zero attached hydrogens (tertiary/aromatic N) is 6. The predicted molar refractivity (Wildman–Crippen MR) is 127 cm³/mol. The molecule has 0 saturated carbocycles. The van der Waals surface area contributed by atoms with Crippen molar-refractivity contribution >= 4 is 28.9 Å². The van der Waals surface area contributed by atoms with Crippen molar-refractivity contribution in [2.45, 2.75) is 13.8 Å². The maximum atomic E-state index is 11.7. The van der Waals surface area contributed by atoms with Crippen LogP contribution in [-0.2, 0) is 4.79 Å².